The molecule has 13 N–H and O–H groups in total. The molecule has 1 aromatic heterocycles. The van der Waals surface area contributed by atoms with Gasteiger partial charge < -0.3 is 128 Å². The Morgan fingerprint density at radius 2 is 1.09 bits per heavy atom. The lowest BCUT2D eigenvalue weighted by atomic mass is 9.97. The molecule has 0 saturated carbocycles. The molecular weight excluding hydrogens is 1090 g/mol. The van der Waals surface area contributed by atoms with Gasteiger partial charge in [-0.25, -0.2) is 0 Å². The highest BCUT2D eigenvalue weighted by Crippen LogP contribution is 2.43. The second kappa shape index (κ2) is 26.5. The molecule has 16 atom stereocenters. The SMILES string of the molecule is COc1cc(O)c2c(=O)c(OC3OC(COC(=O)CC(C)(O)CC(=O)OCC4OC(Oc5c(OC)cc(C=CCO)cc5OC)C(O)C(O)C4O)C(O)C(O)C3O)c(-c3ccc(OC4OC(CO)C(O)C(O)C4O)c(OC)c3)oc2c1. The lowest BCUT2D eigenvalue weighted by Gasteiger charge is -2.40. The summed E-state index contributed by atoms with van der Waals surface area (Å²) in [5.41, 5.74) is -3.00. The van der Waals surface area contributed by atoms with Crippen LogP contribution in [0, 0.1) is 0 Å². The van der Waals surface area contributed by atoms with E-state index in [-0.39, 0.29) is 52.3 Å². The number of aromatic hydroxyl groups is 1. The standard InChI is InChI=1S/C52H64O29/c1-52(68,16-33(56)73-19-31-37(59)41(63)44(66)50(78-31)80-47-28(71-4)11-21(7-6-10-53)12-29(47)72-5)17-34(57)74-20-32-38(60)42(64)45(67)51(79-32)81-48-39(61)35-24(55)14-23(69-2)15-27(35)75-46(48)22-8-9-25(26(13-22)70-3)76-49-43(65)40(62)36(58)30(18-54)77-49/h6-9,11-15,30-32,36-38,40-45,49-51,53-55,58-60,62-68H,10,16-20H2,1-5H3. The van der Waals surface area contributed by atoms with E-state index in [1.807, 2.05) is 0 Å². The van der Waals surface area contributed by atoms with E-state index in [4.69, 9.17) is 61.3 Å². The molecule has 446 valence electrons. The van der Waals surface area contributed by atoms with Crippen LogP contribution in [0.4, 0.5) is 0 Å². The van der Waals surface area contributed by atoms with Crippen LogP contribution in [0.2, 0.25) is 0 Å². The molecule has 0 bridgehead atoms. The monoisotopic (exact) mass is 1150 g/mol. The van der Waals surface area contributed by atoms with Crippen LogP contribution in [-0.2, 0) is 33.3 Å². The molecule has 0 radical (unpaired) electrons. The molecule has 4 heterocycles. The molecule has 81 heavy (non-hydrogen) atoms. The Balaban J connectivity index is 1.01. The van der Waals surface area contributed by atoms with E-state index in [0.717, 1.165) is 13.0 Å². The molecule has 3 aromatic carbocycles. The molecular formula is C52H64O29. The zero-order chi connectivity index (χ0) is 59.2. The van der Waals surface area contributed by atoms with Crippen molar-refractivity contribution in [3.05, 3.63) is 64.3 Å². The van der Waals surface area contributed by atoms with Gasteiger partial charge in [-0.05, 0) is 42.8 Å². The predicted octanol–water partition coefficient (Wildman–Crippen LogP) is -2.93. The largest absolute Gasteiger partial charge is 0.507 e. The summed E-state index contributed by atoms with van der Waals surface area (Å²) in [6, 6.07) is 9.18. The number of fused-ring (bicyclic) bond motifs is 1. The van der Waals surface area contributed by atoms with Gasteiger partial charge in [0.05, 0.1) is 60.1 Å². The number of esters is 2. The van der Waals surface area contributed by atoms with Crippen molar-refractivity contribution in [2.75, 3.05) is 54.9 Å². The summed E-state index contributed by atoms with van der Waals surface area (Å²) in [4.78, 5) is 40.5. The number of methoxy groups -OCH3 is 4. The maximum absolute atomic E-state index is 14.3. The van der Waals surface area contributed by atoms with Crippen molar-refractivity contribution in [3.8, 4) is 57.3 Å². The van der Waals surface area contributed by atoms with Crippen LogP contribution in [0.1, 0.15) is 25.3 Å². The van der Waals surface area contributed by atoms with Crippen molar-refractivity contribution in [1.82, 2.24) is 0 Å². The van der Waals surface area contributed by atoms with E-state index < -0.39 is 170 Å². The molecule has 3 saturated heterocycles. The number of phenols is 1. The van der Waals surface area contributed by atoms with Gasteiger partial charge in [0.2, 0.25) is 35.8 Å². The van der Waals surface area contributed by atoms with Crippen LogP contribution in [0.15, 0.2) is 57.8 Å². The molecule has 16 unspecified atom stereocenters. The van der Waals surface area contributed by atoms with E-state index in [1.165, 1.54) is 70.9 Å². The summed E-state index contributed by atoms with van der Waals surface area (Å²) in [5.74, 6) is -4.26. The maximum Gasteiger partial charge on any atom is 0.308 e. The fraction of sp³-hybridized carbons (Fsp3) is 0.519. The number of carbonyl (C=O) groups excluding carboxylic acids is 2. The summed E-state index contributed by atoms with van der Waals surface area (Å²) < 4.78 is 72.5. The molecule has 7 rings (SSSR count). The van der Waals surface area contributed by atoms with Gasteiger partial charge in [0.1, 0.15) is 109 Å². The van der Waals surface area contributed by atoms with Gasteiger partial charge >= 0.3 is 11.9 Å². The fourth-order valence-corrected chi connectivity index (χ4v) is 8.84. The van der Waals surface area contributed by atoms with Crippen molar-refractivity contribution in [2.24, 2.45) is 0 Å². The number of aliphatic hydroxyl groups is 12. The number of benzene rings is 3. The number of aliphatic hydroxyl groups excluding tert-OH is 11. The van der Waals surface area contributed by atoms with E-state index >= 15 is 0 Å². The van der Waals surface area contributed by atoms with Crippen molar-refractivity contribution in [3.63, 3.8) is 0 Å². The summed E-state index contributed by atoms with van der Waals surface area (Å²) in [7, 11) is 5.12. The average Bonchev–Trinajstić information content (AvgIpc) is 3.56. The molecule has 29 heteroatoms. The predicted molar refractivity (Wildman–Crippen MR) is 269 cm³/mol. The lowest BCUT2D eigenvalue weighted by Crippen LogP contribution is -2.60. The fourth-order valence-electron chi connectivity index (χ4n) is 8.84. The molecule has 3 aliphatic rings. The smallest absolute Gasteiger partial charge is 0.308 e. The third-order valence-corrected chi connectivity index (χ3v) is 13.2. The van der Waals surface area contributed by atoms with Crippen molar-refractivity contribution < 1.29 is 137 Å². The first kappa shape index (κ1) is 62.0. The molecule has 0 amide bonds. The zero-order valence-corrected chi connectivity index (χ0v) is 43.9. The first-order valence-corrected chi connectivity index (χ1v) is 24.8. The number of hydrogen-bond acceptors (Lipinski definition) is 29. The quantitative estimate of drug-likeness (QED) is 0.0351. The number of rotatable bonds is 22. The van der Waals surface area contributed by atoms with Gasteiger partial charge in [0.25, 0.3) is 0 Å². The number of hydrogen-bond donors (Lipinski definition) is 13. The molecule has 0 aliphatic carbocycles. The van der Waals surface area contributed by atoms with E-state index in [1.54, 1.807) is 6.08 Å². The third-order valence-electron chi connectivity index (χ3n) is 13.2. The van der Waals surface area contributed by atoms with Crippen LogP contribution >= 0.6 is 0 Å². The van der Waals surface area contributed by atoms with Crippen molar-refractivity contribution in [2.45, 2.75) is 117 Å². The molecule has 4 aromatic rings. The number of ether oxygens (including phenoxy) is 12. The van der Waals surface area contributed by atoms with Gasteiger partial charge in [-0.1, -0.05) is 12.2 Å². The first-order chi connectivity index (χ1) is 38.5. The summed E-state index contributed by atoms with van der Waals surface area (Å²) in [5, 5.41) is 137. The maximum atomic E-state index is 14.3. The summed E-state index contributed by atoms with van der Waals surface area (Å²) in [6.45, 7) is -1.58. The second-order valence-corrected chi connectivity index (χ2v) is 19.1. The summed E-state index contributed by atoms with van der Waals surface area (Å²) >= 11 is 0. The van der Waals surface area contributed by atoms with Crippen LogP contribution in [0.25, 0.3) is 28.4 Å². The van der Waals surface area contributed by atoms with Crippen molar-refractivity contribution in [1.29, 1.82) is 0 Å². The Morgan fingerprint density at radius 1 is 0.593 bits per heavy atom. The summed E-state index contributed by atoms with van der Waals surface area (Å²) in [6.07, 6.45) is -25.8. The van der Waals surface area contributed by atoms with E-state index in [0.29, 0.717) is 5.56 Å². The highest BCUT2D eigenvalue weighted by Gasteiger charge is 2.49. The Bertz CT molecular complexity index is 2880. The minimum absolute atomic E-state index is 0.0243. The number of phenolic OH excluding ortho intramolecular Hbond substituents is 1. The zero-order valence-electron chi connectivity index (χ0n) is 43.9. The minimum Gasteiger partial charge on any atom is -0.507 e. The van der Waals surface area contributed by atoms with Crippen LogP contribution in [0.3, 0.4) is 0 Å². The third kappa shape index (κ3) is 13.8. The minimum atomic E-state index is -2.19. The van der Waals surface area contributed by atoms with Gasteiger partial charge in [0.15, 0.2) is 28.8 Å². The lowest BCUT2D eigenvalue weighted by molar-refractivity contribution is -0.279. The van der Waals surface area contributed by atoms with E-state index in [9.17, 15) is 80.8 Å². The highest BCUT2D eigenvalue weighted by molar-refractivity contribution is 5.88. The Labute approximate surface area is 459 Å². The van der Waals surface area contributed by atoms with Crippen molar-refractivity contribution >= 4 is 29.0 Å². The molecule has 29 nitrogen and oxygen atoms in total. The van der Waals surface area contributed by atoms with Gasteiger partial charge in [-0.15, -0.1) is 0 Å². The van der Waals surface area contributed by atoms with Gasteiger partial charge in [0, 0.05) is 17.7 Å². The Hall–Kier alpha value is -6.65. The number of carbonyl (C=O) groups is 2. The Kier molecular flexibility index (Phi) is 20.3. The van der Waals surface area contributed by atoms with Crippen LogP contribution in [-0.4, -0.2) is 231 Å². The second-order valence-electron chi connectivity index (χ2n) is 19.1. The van der Waals surface area contributed by atoms with Crippen LogP contribution < -0.4 is 38.6 Å². The molecule has 3 fully saturated rings. The topological polar surface area (TPSA) is 438 Å². The van der Waals surface area contributed by atoms with Gasteiger partial charge in [-0.3, -0.25) is 14.4 Å². The average molecular weight is 1150 g/mol. The van der Waals surface area contributed by atoms with Crippen LogP contribution in [0.5, 0.6) is 46.0 Å². The van der Waals surface area contributed by atoms with Gasteiger partial charge in [-0.2, -0.15) is 0 Å². The molecule has 0 spiro atoms. The normalized spacial score (nSPS) is 29.3. The first-order valence-electron chi connectivity index (χ1n) is 24.8. The molecule has 3 aliphatic heterocycles. The Morgan fingerprint density at radius 3 is 1.58 bits per heavy atom. The highest BCUT2D eigenvalue weighted by atomic mass is 16.7. The van der Waals surface area contributed by atoms with E-state index in [2.05, 4.69) is 0 Å².